The van der Waals surface area contributed by atoms with Crippen LogP contribution < -0.4 is 10.0 Å². The van der Waals surface area contributed by atoms with E-state index in [1.807, 2.05) is 52.0 Å². The molecule has 1 saturated heterocycles. The van der Waals surface area contributed by atoms with Crippen LogP contribution in [0.15, 0.2) is 59.6 Å². The molecule has 1 unspecified atom stereocenters. The Morgan fingerprint density at radius 1 is 1.24 bits per heavy atom. The van der Waals surface area contributed by atoms with E-state index in [0.29, 0.717) is 12.8 Å². The number of nitrogens with zero attached hydrogens (tertiary/aromatic N) is 1. The van der Waals surface area contributed by atoms with Gasteiger partial charge in [-0.3, -0.25) is 4.79 Å². The zero-order chi connectivity index (χ0) is 24.6. The lowest BCUT2D eigenvalue weighted by atomic mass is 10.0. The molecule has 2 N–H and O–H groups in total. The predicted octanol–water partition coefficient (Wildman–Crippen LogP) is 4.62. The Bertz CT molecular complexity index is 813. The molecule has 0 aromatic rings. The van der Waals surface area contributed by atoms with Crippen molar-refractivity contribution in [2.45, 2.75) is 84.2 Å². The van der Waals surface area contributed by atoms with Gasteiger partial charge in [0, 0.05) is 36.5 Å². The van der Waals surface area contributed by atoms with E-state index >= 15 is 0 Å². The summed E-state index contributed by atoms with van der Waals surface area (Å²) >= 11 is -1.17. The van der Waals surface area contributed by atoms with Crippen molar-refractivity contribution < 1.29 is 14.1 Å². The Morgan fingerprint density at radius 2 is 1.91 bits per heavy atom. The maximum Gasteiger partial charge on any atom is 0.251 e. The number of nitrogens with one attached hydrogen (secondary N) is 2. The van der Waals surface area contributed by atoms with Gasteiger partial charge in [-0.15, -0.1) is 6.58 Å². The van der Waals surface area contributed by atoms with Crippen LogP contribution in [0.2, 0.25) is 0 Å². The maximum atomic E-state index is 12.8. The van der Waals surface area contributed by atoms with Gasteiger partial charge in [0.05, 0.1) is 29.3 Å². The summed E-state index contributed by atoms with van der Waals surface area (Å²) in [6.45, 7) is 17.6. The first-order chi connectivity index (χ1) is 15.5. The molecule has 1 fully saturated rings. The number of hydrogen-bond donors (Lipinski definition) is 2. The van der Waals surface area contributed by atoms with Crippen molar-refractivity contribution >= 4 is 17.3 Å². The van der Waals surface area contributed by atoms with Gasteiger partial charge in [-0.2, -0.15) is 0 Å². The van der Waals surface area contributed by atoms with Crippen molar-refractivity contribution in [3.63, 3.8) is 0 Å². The Balaban J connectivity index is 2.06. The van der Waals surface area contributed by atoms with Crippen LogP contribution in [0.5, 0.6) is 0 Å². The van der Waals surface area contributed by atoms with Crippen molar-refractivity contribution in [2.75, 3.05) is 13.1 Å². The SMILES string of the molecule is C=CC/C(=C\C=C(/CC)NC(=O)C1=CC=C(N[S+]([O-])C(C)(C)C)CC1)N1C[C@@H](C)O[C@@H](C)C1. The lowest BCUT2D eigenvalue weighted by Gasteiger charge is -2.38. The molecule has 0 radical (unpaired) electrons. The van der Waals surface area contributed by atoms with Gasteiger partial charge in [-0.1, -0.05) is 19.1 Å². The van der Waals surface area contributed by atoms with Crippen molar-refractivity contribution in [3.8, 4) is 0 Å². The molecule has 3 atom stereocenters. The van der Waals surface area contributed by atoms with E-state index in [1.54, 1.807) is 0 Å². The zero-order valence-corrected chi connectivity index (χ0v) is 21.9. The first kappa shape index (κ1) is 27.3. The summed E-state index contributed by atoms with van der Waals surface area (Å²) in [5.41, 5.74) is 3.68. The van der Waals surface area contributed by atoms with Crippen LogP contribution in [0.25, 0.3) is 0 Å². The van der Waals surface area contributed by atoms with Gasteiger partial charge in [0.25, 0.3) is 5.91 Å². The molecular formula is C26H41N3O3S. The van der Waals surface area contributed by atoms with Crippen LogP contribution in [0.1, 0.15) is 67.2 Å². The smallest absolute Gasteiger partial charge is 0.251 e. The van der Waals surface area contributed by atoms with E-state index in [2.05, 4.69) is 41.4 Å². The molecule has 1 amide bonds. The molecule has 1 aliphatic heterocycles. The molecule has 1 aliphatic carbocycles. The van der Waals surface area contributed by atoms with Crippen molar-refractivity contribution in [1.29, 1.82) is 0 Å². The largest absolute Gasteiger partial charge is 0.593 e. The number of carbonyl (C=O) groups is 1. The molecule has 2 aliphatic rings. The van der Waals surface area contributed by atoms with E-state index in [4.69, 9.17) is 4.74 Å². The molecule has 0 bridgehead atoms. The lowest BCUT2D eigenvalue weighted by Crippen LogP contribution is -2.44. The lowest BCUT2D eigenvalue weighted by molar-refractivity contribution is -0.117. The fourth-order valence-corrected chi connectivity index (χ4v) is 4.43. The predicted molar refractivity (Wildman–Crippen MR) is 137 cm³/mol. The molecule has 33 heavy (non-hydrogen) atoms. The fourth-order valence-electron chi connectivity index (χ4n) is 3.72. The van der Waals surface area contributed by atoms with Gasteiger partial charge in [0.15, 0.2) is 0 Å². The number of hydrogen-bond acceptors (Lipinski definition) is 5. The van der Waals surface area contributed by atoms with E-state index < -0.39 is 11.4 Å². The highest BCUT2D eigenvalue weighted by Crippen LogP contribution is 2.22. The molecule has 2 rings (SSSR count). The summed E-state index contributed by atoms with van der Waals surface area (Å²) in [5.74, 6) is -0.0809. The monoisotopic (exact) mass is 475 g/mol. The number of amides is 1. The summed E-state index contributed by atoms with van der Waals surface area (Å²) in [6, 6.07) is 0. The number of allylic oxidation sites excluding steroid dienone is 7. The van der Waals surface area contributed by atoms with Gasteiger partial charge < -0.3 is 19.5 Å². The summed E-state index contributed by atoms with van der Waals surface area (Å²) in [7, 11) is 0. The minimum Gasteiger partial charge on any atom is -0.593 e. The van der Waals surface area contributed by atoms with Crippen LogP contribution in [0.3, 0.4) is 0 Å². The van der Waals surface area contributed by atoms with Crippen molar-refractivity contribution in [1.82, 2.24) is 14.9 Å². The number of carbonyl (C=O) groups excluding carboxylic acids is 1. The standard InChI is InChI=1S/C26H41N3O3S/c1-8-10-24(29-17-19(3)32-20(4)18-29)16-15-22(9-2)27-25(30)21-11-13-23(14-12-21)28-33(31)26(5,6)7/h8,11,13,15-16,19-20,28H,1,9-10,12,14,17-18H2,2-7H3,(H,27,30)/b22-15+,24-16+/t19-,20+,33?. The molecule has 0 spiro atoms. The van der Waals surface area contributed by atoms with Crippen molar-refractivity contribution in [2.24, 2.45) is 0 Å². The third kappa shape index (κ3) is 8.72. The second-order valence-electron chi connectivity index (χ2n) is 9.68. The summed E-state index contributed by atoms with van der Waals surface area (Å²) in [6.07, 6.45) is 12.8. The molecule has 0 saturated carbocycles. The molecule has 6 nitrogen and oxygen atoms in total. The summed E-state index contributed by atoms with van der Waals surface area (Å²) in [4.78, 5) is 15.2. The average Bonchev–Trinajstić information content (AvgIpc) is 2.74. The Morgan fingerprint density at radius 3 is 2.42 bits per heavy atom. The minimum absolute atomic E-state index is 0.0809. The Hall–Kier alpha value is -1.96. The highest BCUT2D eigenvalue weighted by molar-refractivity contribution is 7.90. The quantitative estimate of drug-likeness (QED) is 0.289. The van der Waals surface area contributed by atoms with E-state index in [-0.39, 0.29) is 22.9 Å². The highest BCUT2D eigenvalue weighted by atomic mass is 32.2. The van der Waals surface area contributed by atoms with Crippen LogP contribution in [-0.4, -0.2) is 45.4 Å². The third-order valence-electron chi connectivity index (χ3n) is 5.53. The molecule has 7 heteroatoms. The number of rotatable bonds is 9. The van der Waals surface area contributed by atoms with E-state index in [0.717, 1.165) is 42.9 Å². The second kappa shape index (κ2) is 12.5. The topological polar surface area (TPSA) is 76.7 Å². The first-order valence-electron chi connectivity index (χ1n) is 11.8. The second-order valence-corrected chi connectivity index (χ2v) is 11.6. The van der Waals surface area contributed by atoms with E-state index in [9.17, 15) is 9.35 Å². The number of ether oxygens (including phenoxy) is 1. The summed E-state index contributed by atoms with van der Waals surface area (Å²) < 4.78 is 20.9. The molecular weight excluding hydrogens is 434 g/mol. The van der Waals surface area contributed by atoms with Crippen molar-refractivity contribution in [3.05, 3.63) is 59.6 Å². The van der Waals surface area contributed by atoms with Gasteiger partial charge in [-0.05, 0) is 72.1 Å². The summed E-state index contributed by atoms with van der Waals surface area (Å²) in [5, 5.41) is 3.06. The normalized spacial score (nSPS) is 23.4. The minimum atomic E-state index is -1.17. The molecule has 0 aromatic carbocycles. The van der Waals surface area contributed by atoms with Gasteiger partial charge in [0.1, 0.15) is 4.75 Å². The third-order valence-corrected chi connectivity index (χ3v) is 7.09. The number of morpholine rings is 1. The van der Waals surface area contributed by atoms with Crippen LogP contribution in [-0.2, 0) is 20.9 Å². The Kier molecular flexibility index (Phi) is 10.3. The first-order valence-corrected chi connectivity index (χ1v) is 13.0. The zero-order valence-electron chi connectivity index (χ0n) is 21.1. The van der Waals surface area contributed by atoms with Crippen LogP contribution >= 0.6 is 0 Å². The van der Waals surface area contributed by atoms with Crippen LogP contribution in [0, 0.1) is 0 Å². The molecule has 0 aromatic heterocycles. The fraction of sp³-hybridized carbons (Fsp3) is 0.577. The van der Waals surface area contributed by atoms with Crippen LogP contribution in [0.4, 0.5) is 0 Å². The maximum absolute atomic E-state index is 12.8. The van der Waals surface area contributed by atoms with E-state index in [1.165, 1.54) is 5.70 Å². The van der Waals surface area contributed by atoms with Gasteiger partial charge in [-0.25, -0.2) is 4.72 Å². The molecule has 1 heterocycles. The highest BCUT2D eigenvalue weighted by Gasteiger charge is 2.28. The average molecular weight is 476 g/mol. The van der Waals surface area contributed by atoms with Gasteiger partial charge in [0.2, 0.25) is 0 Å². The van der Waals surface area contributed by atoms with Gasteiger partial charge >= 0.3 is 0 Å². The molecule has 184 valence electrons. The Labute approximate surface area is 203 Å².